The Kier molecular flexibility index (Phi) is 3.45. The van der Waals surface area contributed by atoms with Gasteiger partial charge in [-0.2, -0.15) is 0 Å². The van der Waals surface area contributed by atoms with Crippen molar-refractivity contribution < 1.29 is 9.59 Å². The molecule has 4 heteroatoms. The molecule has 0 N–H and O–H groups in total. The molecule has 2 amide bonds. The standard InChI is InChI=1S/C19H18N2O2/c22-18-16-8-1-2-9-17(16)19(23)21(18)15-7-3-5-13(11-15)14-6-4-10-20-12-14/h1-2,4,6,8-10,12-13,15H,3,5,7,11H2. The van der Waals surface area contributed by atoms with E-state index in [2.05, 4.69) is 11.1 Å². The molecule has 0 saturated heterocycles. The Bertz CT molecular complexity index is 722. The second kappa shape index (κ2) is 5.61. The first-order valence-corrected chi connectivity index (χ1v) is 8.12. The van der Waals surface area contributed by atoms with Crippen LogP contribution in [0.2, 0.25) is 0 Å². The number of hydrogen-bond donors (Lipinski definition) is 0. The van der Waals surface area contributed by atoms with E-state index in [0.29, 0.717) is 17.0 Å². The molecule has 1 aromatic carbocycles. The van der Waals surface area contributed by atoms with Crippen molar-refractivity contribution >= 4 is 11.8 Å². The largest absolute Gasteiger partial charge is 0.271 e. The van der Waals surface area contributed by atoms with Crippen molar-refractivity contribution in [3.63, 3.8) is 0 Å². The quantitative estimate of drug-likeness (QED) is 0.799. The molecule has 0 radical (unpaired) electrons. The van der Waals surface area contributed by atoms with Gasteiger partial charge in [-0.3, -0.25) is 19.5 Å². The maximum absolute atomic E-state index is 12.6. The van der Waals surface area contributed by atoms with E-state index in [1.165, 1.54) is 10.5 Å². The first-order chi connectivity index (χ1) is 11.3. The van der Waals surface area contributed by atoms with Crippen molar-refractivity contribution in [3.05, 3.63) is 65.5 Å². The summed E-state index contributed by atoms with van der Waals surface area (Å²) in [5.41, 5.74) is 2.29. The van der Waals surface area contributed by atoms with Crippen LogP contribution in [0.1, 0.15) is 57.9 Å². The minimum atomic E-state index is -0.137. The molecule has 2 aliphatic rings. The molecule has 2 atom stereocenters. The lowest BCUT2D eigenvalue weighted by Crippen LogP contribution is -2.42. The molecule has 0 bridgehead atoms. The van der Waals surface area contributed by atoms with Crippen LogP contribution in [0.4, 0.5) is 0 Å². The Morgan fingerprint density at radius 3 is 2.35 bits per heavy atom. The fourth-order valence-corrected chi connectivity index (χ4v) is 3.86. The van der Waals surface area contributed by atoms with Gasteiger partial charge in [0.05, 0.1) is 11.1 Å². The Hall–Kier alpha value is -2.49. The lowest BCUT2D eigenvalue weighted by molar-refractivity contribution is 0.0539. The highest BCUT2D eigenvalue weighted by molar-refractivity contribution is 6.21. The molecule has 4 rings (SSSR count). The van der Waals surface area contributed by atoms with Crippen LogP contribution in [-0.2, 0) is 0 Å². The molecule has 2 unspecified atom stereocenters. The summed E-state index contributed by atoms with van der Waals surface area (Å²) in [6, 6.07) is 11.1. The maximum atomic E-state index is 12.6. The molecule has 2 heterocycles. The van der Waals surface area contributed by atoms with Crippen molar-refractivity contribution in [1.82, 2.24) is 9.88 Å². The number of carbonyl (C=O) groups excluding carboxylic acids is 2. The summed E-state index contributed by atoms with van der Waals surface area (Å²) in [6.07, 6.45) is 7.51. The second-order valence-electron chi connectivity index (χ2n) is 6.33. The van der Waals surface area contributed by atoms with Gasteiger partial charge in [-0.05, 0) is 48.9 Å². The lowest BCUT2D eigenvalue weighted by Gasteiger charge is -2.34. The SMILES string of the molecule is O=C1c2ccccc2C(=O)N1C1CCCC(c2cccnc2)C1. The van der Waals surface area contributed by atoms with E-state index < -0.39 is 0 Å². The third-order valence-electron chi connectivity index (χ3n) is 4.99. The summed E-state index contributed by atoms with van der Waals surface area (Å²) < 4.78 is 0. The molecule has 1 saturated carbocycles. The molecule has 1 aliphatic heterocycles. The van der Waals surface area contributed by atoms with Crippen LogP contribution in [0.3, 0.4) is 0 Å². The zero-order chi connectivity index (χ0) is 15.8. The zero-order valence-electron chi connectivity index (χ0n) is 12.8. The smallest absolute Gasteiger partial charge is 0.261 e. The summed E-state index contributed by atoms with van der Waals surface area (Å²) >= 11 is 0. The summed E-state index contributed by atoms with van der Waals surface area (Å²) in [5, 5.41) is 0. The van der Waals surface area contributed by atoms with E-state index in [4.69, 9.17) is 0 Å². The second-order valence-corrected chi connectivity index (χ2v) is 6.33. The third kappa shape index (κ3) is 2.34. The molecule has 2 aromatic rings. The van der Waals surface area contributed by atoms with Crippen LogP contribution in [0.25, 0.3) is 0 Å². The van der Waals surface area contributed by atoms with E-state index >= 15 is 0 Å². The van der Waals surface area contributed by atoms with Crippen molar-refractivity contribution in [3.8, 4) is 0 Å². The number of carbonyl (C=O) groups is 2. The monoisotopic (exact) mass is 306 g/mol. The Morgan fingerprint density at radius 1 is 0.957 bits per heavy atom. The Morgan fingerprint density at radius 2 is 1.70 bits per heavy atom. The van der Waals surface area contributed by atoms with Crippen molar-refractivity contribution in [2.45, 2.75) is 37.6 Å². The predicted octanol–water partition coefficient (Wildman–Crippen LogP) is 3.40. The van der Waals surface area contributed by atoms with Gasteiger partial charge in [0, 0.05) is 18.4 Å². The number of imide groups is 1. The molecule has 1 aromatic heterocycles. The minimum absolute atomic E-state index is 0.0126. The average molecular weight is 306 g/mol. The van der Waals surface area contributed by atoms with Gasteiger partial charge >= 0.3 is 0 Å². The van der Waals surface area contributed by atoms with Crippen LogP contribution in [0.5, 0.6) is 0 Å². The average Bonchev–Trinajstić information content (AvgIpc) is 2.87. The number of benzene rings is 1. The number of aromatic nitrogens is 1. The van der Waals surface area contributed by atoms with E-state index in [0.717, 1.165) is 25.7 Å². The van der Waals surface area contributed by atoms with E-state index in [9.17, 15) is 9.59 Å². The van der Waals surface area contributed by atoms with Gasteiger partial charge in [0.25, 0.3) is 11.8 Å². The molecular formula is C19H18N2O2. The highest BCUT2D eigenvalue weighted by Crippen LogP contribution is 2.37. The molecule has 4 nitrogen and oxygen atoms in total. The van der Waals surface area contributed by atoms with Gasteiger partial charge in [-0.25, -0.2) is 0 Å². The number of rotatable bonds is 2. The fraction of sp³-hybridized carbons (Fsp3) is 0.316. The van der Waals surface area contributed by atoms with Crippen LogP contribution in [0, 0.1) is 0 Å². The number of nitrogens with zero attached hydrogens (tertiary/aromatic N) is 2. The summed E-state index contributed by atoms with van der Waals surface area (Å²) in [6.45, 7) is 0. The van der Waals surface area contributed by atoms with Crippen molar-refractivity contribution in [2.75, 3.05) is 0 Å². The molecule has 1 aliphatic carbocycles. The molecule has 23 heavy (non-hydrogen) atoms. The minimum Gasteiger partial charge on any atom is -0.271 e. The molecule has 1 fully saturated rings. The normalized spacial score (nSPS) is 23.9. The predicted molar refractivity (Wildman–Crippen MR) is 86.2 cm³/mol. The van der Waals surface area contributed by atoms with Gasteiger partial charge in [0.2, 0.25) is 0 Å². The molecular weight excluding hydrogens is 288 g/mol. The maximum Gasteiger partial charge on any atom is 0.261 e. The van der Waals surface area contributed by atoms with Crippen LogP contribution in [0.15, 0.2) is 48.8 Å². The van der Waals surface area contributed by atoms with E-state index in [1.807, 2.05) is 24.4 Å². The third-order valence-corrected chi connectivity index (χ3v) is 4.99. The lowest BCUT2D eigenvalue weighted by atomic mass is 9.81. The van der Waals surface area contributed by atoms with Crippen LogP contribution >= 0.6 is 0 Å². The summed E-state index contributed by atoms with van der Waals surface area (Å²) in [5.74, 6) is 0.0941. The Balaban J connectivity index is 1.59. The zero-order valence-corrected chi connectivity index (χ0v) is 12.8. The van der Waals surface area contributed by atoms with Gasteiger partial charge in [-0.15, -0.1) is 0 Å². The van der Waals surface area contributed by atoms with E-state index in [1.54, 1.807) is 18.3 Å². The first kappa shape index (κ1) is 14.1. The summed E-state index contributed by atoms with van der Waals surface area (Å²) in [7, 11) is 0. The molecule has 116 valence electrons. The molecule has 0 spiro atoms. The number of pyridine rings is 1. The Labute approximate surface area is 135 Å². The highest BCUT2D eigenvalue weighted by atomic mass is 16.2. The van der Waals surface area contributed by atoms with Gasteiger partial charge in [0.1, 0.15) is 0 Å². The van der Waals surface area contributed by atoms with Gasteiger partial charge in [-0.1, -0.05) is 24.6 Å². The topological polar surface area (TPSA) is 50.3 Å². The van der Waals surface area contributed by atoms with Crippen LogP contribution < -0.4 is 0 Å². The van der Waals surface area contributed by atoms with Crippen LogP contribution in [-0.4, -0.2) is 27.7 Å². The van der Waals surface area contributed by atoms with Gasteiger partial charge < -0.3 is 0 Å². The van der Waals surface area contributed by atoms with Crippen molar-refractivity contribution in [2.24, 2.45) is 0 Å². The summed E-state index contributed by atoms with van der Waals surface area (Å²) in [4.78, 5) is 31.0. The first-order valence-electron chi connectivity index (χ1n) is 8.12. The van der Waals surface area contributed by atoms with Crippen molar-refractivity contribution in [1.29, 1.82) is 0 Å². The fourth-order valence-electron chi connectivity index (χ4n) is 3.86. The number of hydrogen-bond acceptors (Lipinski definition) is 3. The number of amides is 2. The van der Waals surface area contributed by atoms with Gasteiger partial charge in [0.15, 0.2) is 0 Å². The number of fused-ring (bicyclic) bond motifs is 1. The van der Waals surface area contributed by atoms with E-state index in [-0.39, 0.29) is 17.9 Å². The highest BCUT2D eigenvalue weighted by Gasteiger charge is 2.41.